The molecule has 1 N–H and O–H groups in total. The number of hydrogen-bond acceptors (Lipinski definition) is 5. The summed E-state index contributed by atoms with van der Waals surface area (Å²) in [5.74, 6) is -0.257. The van der Waals surface area contributed by atoms with Gasteiger partial charge in [0.05, 0.1) is 6.54 Å². The minimum Gasteiger partial charge on any atom is -0.459 e. The minimum absolute atomic E-state index is 0.185. The number of halogens is 1. The van der Waals surface area contributed by atoms with Crippen LogP contribution in [0, 0.1) is 0 Å². The van der Waals surface area contributed by atoms with Gasteiger partial charge in [-0.25, -0.2) is 9.97 Å². The van der Waals surface area contributed by atoms with Gasteiger partial charge in [-0.3, -0.25) is 4.79 Å². The number of carbonyl (C=O) groups excluding carboxylic acids is 1. The van der Waals surface area contributed by atoms with Crippen molar-refractivity contribution in [2.45, 2.75) is 32.9 Å². The summed E-state index contributed by atoms with van der Waals surface area (Å²) in [5, 5.41) is 3.31. The van der Waals surface area contributed by atoms with Crippen molar-refractivity contribution in [1.82, 2.24) is 15.3 Å². The zero-order valence-corrected chi connectivity index (χ0v) is 14.2. The number of nitrogens with one attached hydrogen (secondary N) is 1. The molecule has 122 valence electrons. The Morgan fingerprint density at radius 2 is 1.74 bits per heavy atom. The first kappa shape index (κ1) is 17.4. The Bertz CT molecular complexity index is 649. The lowest BCUT2D eigenvalue weighted by atomic mass is 10.1. The number of rotatable bonds is 5. The molecule has 0 aliphatic rings. The second-order valence-corrected chi connectivity index (χ2v) is 6.47. The van der Waals surface area contributed by atoms with E-state index in [1.807, 2.05) is 45.0 Å². The van der Waals surface area contributed by atoms with Gasteiger partial charge in [-0.05, 0) is 43.5 Å². The summed E-state index contributed by atoms with van der Waals surface area (Å²) in [4.78, 5) is 19.5. The summed E-state index contributed by atoms with van der Waals surface area (Å²) in [7, 11) is 0. The van der Waals surface area contributed by atoms with Crippen LogP contribution >= 0.6 is 11.6 Å². The molecule has 2 rings (SSSR count). The van der Waals surface area contributed by atoms with E-state index in [4.69, 9.17) is 16.3 Å². The Balaban J connectivity index is 1.86. The maximum absolute atomic E-state index is 11.6. The maximum Gasteiger partial charge on any atom is 0.320 e. The van der Waals surface area contributed by atoms with Gasteiger partial charge in [0.15, 0.2) is 0 Å². The highest BCUT2D eigenvalue weighted by Gasteiger charge is 2.15. The normalized spacial score (nSPS) is 11.3. The molecule has 23 heavy (non-hydrogen) atoms. The number of carbonyl (C=O) groups is 1. The fraction of sp³-hybridized carbons (Fsp3) is 0.353. The molecule has 6 heteroatoms. The van der Waals surface area contributed by atoms with Crippen LogP contribution in [-0.4, -0.2) is 28.1 Å². The molecule has 0 aliphatic heterocycles. The van der Waals surface area contributed by atoms with Crippen molar-refractivity contribution in [2.75, 3.05) is 6.54 Å². The summed E-state index contributed by atoms with van der Waals surface area (Å²) in [6.07, 6.45) is 3.37. The van der Waals surface area contributed by atoms with E-state index in [0.717, 1.165) is 16.7 Å². The predicted octanol–water partition coefficient (Wildman–Crippen LogP) is 3.23. The fourth-order valence-corrected chi connectivity index (χ4v) is 2.06. The smallest absolute Gasteiger partial charge is 0.320 e. The summed E-state index contributed by atoms with van der Waals surface area (Å²) in [5.41, 5.74) is 2.54. The average Bonchev–Trinajstić information content (AvgIpc) is 2.47. The molecule has 1 heterocycles. The van der Waals surface area contributed by atoms with Gasteiger partial charge in [-0.1, -0.05) is 24.3 Å². The molecule has 0 spiro atoms. The van der Waals surface area contributed by atoms with Crippen LogP contribution < -0.4 is 5.32 Å². The molecule has 1 aromatic carbocycles. The topological polar surface area (TPSA) is 64.1 Å². The maximum atomic E-state index is 11.6. The van der Waals surface area contributed by atoms with Gasteiger partial charge in [0.1, 0.15) is 5.60 Å². The average molecular weight is 334 g/mol. The zero-order chi connectivity index (χ0) is 16.9. The van der Waals surface area contributed by atoms with E-state index in [0.29, 0.717) is 6.54 Å². The number of benzene rings is 1. The fourth-order valence-electron chi connectivity index (χ4n) is 1.96. The van der Waals surface area contributed by atoms with Gasteiger partial charge in [0, 0.05) is 24.5 Å². The van der Waals surface area contributed by atoms with Crippen molar-refractivity contribution in [3.05, 3.63) is 47.5 Å². The van der Waals surface area contributed by atoms with E-state index < -0.39 is 5.60 Å². The standard InChI is InChI=1S/C17H20ClN3O2/c1-17(2,3)23-15(22)11-19-8-12-4-6-13(7-5-12)14-9-20-16(18)21-10-14/h4-7,9-10,19H,8,11H2,1-3H3. The molecule has 0 radical (unpaired) electrons. The first-order valence-electron chi connectivity index (χ1n) is 7.33. The van der Waals surface area contributed by atoms with Gasteiger partial charge in [0.2, 0.25) is 5.28 Å². The van der Waals surface area contributed by atoms with Crippen LogP contribution in [0.4, 0.5) is 0 Å². The largest absolute Gasteiger partial charge is 0.459 e. The van der Waals surface area contributed by atoms with Crippen LogP contribution in [0.15, 0.2) is 36.7 Å². The third-order valence-electron chi connectivity index (χ3n) is 2.93. The zero-order valence-electron chi connectivity index (χ0n) is 13.5. The van der Waals surface area contributed by atoms with Gasteiger partial charge < -0.3 is 10.1 Å². The van der Waals surface area contributed by atoms with Crippen LogP contribution in [0.2, 0.25) is 5.28 Å². The predicted molar refractivity (Wildman–Crippen MR) is 90.0 cm³/mol. The lowest BCUT2D eigenvalue weighted by Gasteiger charge is -2.19. The molecule has 0 aliphatic carbocycles. The Hall–Kier alpha value is -1.98. The molecule has 0 amide bonds. The molecule has 1 aromatic heterocycles. The van der Waals surface area contributed by atoms with Gasteiger partial charge in [0.25, 0.3) is 0 Å². The monoisotopic (exact) mass is 333 g/mol. The number of aromatic nitrogens is 2. The van der Waals surface area contributed by atoms with E-state index in [-0.39, 0.29) is 17.8 Å². The lowest BCUT2D eigenvalue weighted by Crippen LogP contribution is -2.31. The summed E-state index contributed by atoms with van der Waals surface area (Å²) in [6.45, 7) is 6.33. The van der Waals surface area contributed by atoms with Crippen molar-refractivity contribution < 1.29 is 9.53 Å². The highest BCUT2D eigenvalue weighted by molar-refractivity contribution is 6.28. The number of esters is 1. The molecule has 0 fully saturated rings. The third kappa shape index (κ3) is 5.96. The van der Waals surface area contributed by atoms with Crippen LogP contribution in [0.5, 0.6) is 0 Å². The number of nitrogens with zero attached hydrogens (tertiary/aromatic N) is 2. The molecule has 0 unspecified atom stereocenters. The molecule has 2 aromatic rings. The van der Waals surface area contributed by atoms with Crippen molar-refractivity contribution in [3.63, 3.8) is 0 Å². The Morgan fingerprint density at radius 1 is 1.13 bits per heavy atom. The molecular formula is C17H20ClN3O2. The molecule has 0 saturated carbocycles. The number of ether oxygens (including phenoxy) is 1. The first-order chi connectivity index (χ1) is 10.8. The minimum atomic E-state index is -0.457. The van der Waals surface area contributed by atoms with Crippen molar-refractivity contribution >= 4 is 17.6 Å². The molecule has 0 atom stereocenters. The van der Waals surface area contributed by atoms with Gasteiger partial charge in [-0.15, -0.1) is 0 Å². The van der Waals surface area contributed by atoms with Gasteiger partial charge >= 0.3 is 5.97 Å². The van der Waals surface area contributed by atoms with E-state index in [1.165, 1.54) is 0 Å². The van der Waals surface area contributed by atoms with Crippen LogP contribution in [-0.2, 0) is 16.1 Å². The molecule has 0 saturated heterocycles. The Labute approximate surface area is 141 Å². The van der Waals surface area contributed by atoms with Crippen LogP contribution in [0.25, 0.3) is 11.1 Å². The Kier molecular flexibility index (Phi) is 5.69. The summed E-state index contributed by atoms with van der Waals surface area (Å²) >= 11 is 5.68. The van der Waals surface area contributed by atoms with E-state index in [9.17, 15) is 4.79 Å². The highest BCUT2D eigenvalue weighted by Crippen LogP contribution is 2.18. The van der Waals surface area contributed by atoms with Crippen molar-refractivity contribution in [2.24, 2.45) is 0 Å². The molecular weight excluding hydrogens is 314 g/mol. The van der Waals surface area contributed by atoms with Gasteiger partial charge in [-0.2, -0.15) is 0 Å². The highest BCUT2D eigenvalue weighted by atomic mass is 35.5. The third-order valence-corrected chi connectivity index (χ3v) is 3.12. The van der Waals surface area contributed by atoms with E-state index >= 15 is 0 Å². The Morgan fingerprint density at radius 3 is 2.30 bits per heavy atom. The van der Waals surface area contributed by atoms with Crippen LogP contribution in [0.3, 0.4) is 0 Å². The summed E-state index contributed by atoms with van der Waals surface area (Å²) < 4.78 is 5.24. The van der Waals surface area contributed by atoms with E-state index in [1.54, 1.807) is 12.4 Å². The quantitative estimate of drug-likeness (QED) is 0.672. The van der Waals surface area contributed by atoms with Crippen molar-refractivity contribution in [3.8, 4) is 11.1 Å². The van der Waals surface area contributed by atoms with Crippen LogP contribution in [0.1, 0.15) is 26.3 Å². The SMILES string of the molecule is CC(C)(C)OC(=O)CNCc1ccc(-c2cnc(Cl)nc2)cc1. The second-order valence-electron chi connectivity index (χ2n) is 6.13. The molecule has 0 bridgehead atoms. The molecule has 5 nitrogen and oxygen atoms in total. The summed E-state index contributed by atoms with van der Waals surface area (Å²) in [6, 6.07) is 7.95. The second kappa shape index (κ2) is 7.53. The van der Waals surface area contributed by atoms with E-state index in [2.05, 4.69) is 15.3 Å². The number of hydrogen-bond donors (Lipinski definition) is 1. The lowest BCUT2D eigenvalue weighted by molar-refractivity contribution is -0.153. The van der Waals surface area contributed by atoms with Crippen molar-refractivity contribution in [1.29, 1.82) is 0 Å². The first-order valence-corrected chi connectivity index (χ1v) is 7.71.